The highest BCUT2D eigenvalue weighted by Crippen LogP contribution is 2.27. The van der Waals surface area contributed by atoms with E-state index in [0.29, 0.717) is 18.0 Å². The predicted octanol–water partition coefficient (Wildman–Crippen LogP) is 2.72. The number of oxazole rings is 1. The fourth-order valence-corrected chi connectivity index (χ4v) is 2.19. The summed E-state index contributed by atoms with van der Waals surface area (Å²) in [6.45, 7) is 4.55. The number of hydrogen-bond acceptors (Lipinski definition) is 4. The van der Waals surface area contributed by atoms with Crippen LogP contribution < -0.4 is 0 Å². The maximum atomic E-state index is 11.2. The van der Waals surface area contributed by atoms with E-state index in [-0.39, 0.29) is 11.1 Å². The molecule has 1 N–H and O–H groups in total. The van der Waals surface area contributed by atoms with Crippen LogP contribution in [-0.4, -0.2) is 25.8 Å². The molecule has 0 aliphatic carbocycles. The van der Waals surface area contributed by atoms with Crippen LogP contribution in [0.15, 0.2) is 28.7 Å². The Morgan fingerprint density at radius 3 is 2.95 bits per heavy atom. The van der Waals surface area contributed by atoms with Crippen LogP contribution in [0.3, 0.4) is 0 Å². The van der Waals surface area contributed by atoms with Crippen molar-refractivity contribution in [1.29, 1.82) is 0 Å². The quantitative estimate of drug-likeness (QED) is 0.792. The van der Waals surface area contributed by atoms with Crippen LogP contribution in [0.2, 0.25) is 0 Å². The molecule has 1 aromatic carbocycles. The van der Waals surface area contributed by atoms with Crippen LogP contribution >= 0.6 is 0 Å². The number of fused-ring (bicyclic) bond motifs is 1. The summed E-state index contributed by atoms with van der Waals surface area (Å²) in [7, 11) is 0. The lowest BCUT2D eigenvalue weighted by Gasteiger charge is -1.99. The smallest absolute Gasteiger partial charge is 0.339 e. The molecule has 0 radical (unpaired) electrons. The summed E-state index contributed by atoms with van der Waals surface area (Å²) in [5, 5.41) is 13.5. The van der Waals surface area contributed by atoms with Crippen LogP contribution in [0, 0.1) is 6.92 Å². The summed E-state index contributed by atoms with van der Waals surface area (Å²) < 4.78 is 7.43. The average molecular weight is 271 g/mol. The number of aromatic carboxylic acids is 1. The maximum absolute atomic E-state index is 11.2. The molecule has 0 aliphatic heterocycles. The Bertz CT molecular complexity index is 801. The minimum absolute atomic E-state index is 0.112. The van der Waals surface area contributed by atoms with Gasteiger partial charge in [0, 0.05) is 6.54 Å². The monoisotopic (exact) mass is 271 g/mol. The number of hydrogen-bond donors (Lipinski definition) is 1. The fourth-order valence-electron chi connectivity index (χ4n) is 2.19. The van der Waals surface area contributed by atoms with E-state index in [9.17, 15) is 4.79 Å². The van der Waals surface area contributed by atoms with Crippen molar-refractivity contribution in [1.82, 2.24) is 14.8 Å². The van der Waals surface area contributed by atoms with Gasteiger partial charge in [0.05, 0.1) is 5.69 Å². The molecule has 0 saturated heterocycles. The number of rotatable bonds is 3. The second-order valence-corrected chi connectivity index (χ2v) is 4.46. The Balaban J connectivity index is 2.23. The molecule has 6 heteroatoms. The topological polar surface area (TPSA) is 81.2 Å². The van der Waals surface area contributed by atoms with E-state index < -0.39 is 5.97 Å². The average Bonchev–Trinajstić information content (AvgIpc) is 3.00. The molecule has 20 heavy (non-hydrogen) atoms. The van der Waals surface area contributed by atoms with Crippen LogP contribution in [-0.2, 0) is 6.54 Å². The van der Waals surface area contributed by atoms with Gasteiger partial charge in [-0.15, -0.1) is 0 Å². The number of aromatic nitrogens is 3. The van der Waals surface area contributed by atoms with Gasteiger partial charge in [0.15, 0.2) is 5.58 Å². The second kappa shape index (κ2) is 4.48. The van der Waals surface area contributed by atoms with E-state index in [4.69, 9.17) is 9.52 Å². The highest BCUT2D eigenvalue weighted by Gasteiger charge is 2.18. The van der Waals surface area contributed by atoms with E-state index in [1.165, 1.54) is 6.07 Å². The van der Waals surface area contributed by atoms with Crippen LogP contribution in [0.1, 0.15) is 23.0 Å². The summed E-state index contributed by atoms with van der Waals surface area (Å²) in [5.41, 5.74) is 2.54. The van der Waals surface area contributed by atoms with Crippen molar-refractivity contribution in [2.45, 2.75) is 20.4 Å². The number of carboxylic acid groups (broad SMARTS) is 1. The molecule has 102 valence electrons. The molecule has 0 spiro atoms. The zero-order valence-electron chi connectivity index (χ0n) is 11.1. The lowest BCUT2D eigenvalue weighted by atomic mass is 10.2. The largest absolute Gasteiger partial charge is 0.478 e. The van der Waals surface area contributed by atoms with Crippen molar-refractivity contribution in [2.75, 3.05) is 0 Å². The first-order valence-electron chi connectivity index (χ1n) is 6.28. The van der Waals surface area contributed by atoms with E-state index in [1.54, 1.807) is 16.8 Å². The molecule has 0 unspecified atom stereocenters. The molecule has 0 bridgehead atoms. The highest BCUT2D eigenvalue weighted by atomic mass is 16.4. The molecule has 2 aromatic heterocycles. The summed E-state index contributed by atoms with van der Waals surface area (Å²) in [6, 6.07) is 6.76. The molecular weight excluding hydrogens is 258 g/mol. The first kappa shape index (κ1) is 12.4. The standard InChI is InChI=1S/C14H13N3O3/c1-3-17-11(7-8(2)16-17)13-15-10-6-4-5-9(14(18)19)12(10)20-13/h4-7H,3H2,1-2H3,(H,18,19). The minimum Gasteiger partial charge on any atom is -0.478 e. The molecule has 0 amide bonds. The molecular formula is C14H13N3O3. The number of benzene rings is 1. The van der Waals surface area contributed by atoms with Gasteiger partial charge in [0.2, 0.25) is 5.89 Å². The molecule has 2 heterocycles. The van der Waals surface area contributed by atoms with Crippen molar-refractivity contribution in [3.8, 4) is 11.6 Å². The Morgan fingerprint density at radius 2 is 2.25 bits per heavy atom. The number of carboxylic acids is 1. The van der Waals surface area contributed by atoms with Gasteiger partial charge in [-0.05, 0) is 32.0 Å². The lowest BCUT2D eigenvalue weighted by Crippen LogP contribution is -1.99. The van der Waals surface area contributed by atoms with Gasteiger partial charge >= 0.3 is 5.97 Å². The van der Waals surface area contributed by atoms with Gasteiger partial charge in [-0.3, -0.25) is 4.68 Å². The van der Waals surface area contributed by atoms with Gasteiger partial charge in [-0.1, -0.05) is 6.07 Å². The van der Waals surface area contributed by atoms with Crippen LogP contribution in [0.4, 0.5) is 0 Å². The molecule has 3 aromatic rings. The zero-order valence-corrected chi connectivity index (χ0v) is 11.1. The fraction of sp³-hybridized carbons (Fsp3) is 0.214. The van der Waals surface area contributed by atoms with Crippen molar-refractivity contribution >= 4 is 17.1 Å². The third kappa shape index (κ3) is 1.85. The van der Waals surface area contributed by atoms with Crippen molar-refractivity contribution in [3.63, 3.8) is 0 Å². The zero-order chi connectivity index (χ0) is 14.3. The number of carbonyl (C=O) groups is 1. The number of para-hydroxylation sites is 1. The molecule has 3 rings (SSSR count). The van der Waals surface area contributed by atoms with E-state index in [2.05, 4.69) is 10.1 Å². The molecule has 0 atom stereocenters. The summed E-state index contributed by atoms with van der Waals surface area (Å²) in [6.07, 6.45) is 0. The lowest BCUT2D eigenvalue weighted by molar-refractivity contribution is 0.0698. The van der Waals surface area contributed by atoms with Crippen LogP contribution in [0.25, 0.3) is 22.7 Å². The number of nitrogens with zero attached hydrogens (tertiary/aromatic N) is 3. The minimum atomic E-state index is -1.03. The highest BCUT2D eigenvalue weighted by molar-refractivity contribution is 6.00. The molecule has 0 saturated carbocycles. The van der Waals surface area contributed by atoms with E-state index in [0.717, 1.165) is 11.4 Å². The molecule has 0 aliphatic rings. The Hall–Kier alpha value is -2.63. The molecule has 6 nitrogen and oxygen atoms in total. The van der Waals surface area contributed by atoms with Gasteiger partial charge in [0.25, 0.3) is 0 Å². The van der Waals surface area contributed by atoms with Gasteiger partial charge in [0.1, 0.15) is 16.8 Å². The van der Waals surface area contributed by atoms with E-state index >= 15 is 0 Å². The van der Waals surface area contributed by atoms with Gasteiger partial charge < -0.3 is 9.52 Å². The Kier molecular flexibility index (Phi) is 2.78. The first-order chi connectivity index (χ1) is 9.60. The normalized spacial score (nSPS) is 11.1. The maximum Gasteiger partial charge on any atom is 0.339 e. The first-order valence-corrected chi connectivity index (χ1v) is 6.28. The predicted molar refractivity (Wildman–Crippen MR) is 72.6 cm³/mol. The third-order valence-corrected chi connectivity index (χ3v) is 3.07. The summed E-state index contributed by atoms with van der Waals surface area (Å²) in [4.78, 5) is 15.5. The summed E-state index contributed by atoms with van der Waals surface area (Å²) in [5.74, 6) is -0.644. The van der Waals surface area contributed by atoms with Crippen molar-refractivity contribution < 1.29 is 14.3 Å². The second-order valence-electron chi connectivity index (χ2n) is 4.46. The SMILES string of the molecule is CCn1nc(C)cc1-c1nc2cccc(C(=O)O)c2o1. The van der Waals surface area contributed by atoms with Crippen LogP contribution in [0.5, 0.6) is 0 Å². The number of aryl methyl sites for hydroxylation is 2. The Labute approximate surface area is 114 Å². The van der Waals surface area contributed by atoms with Crippen molar-refractivity contribution in [2.24, 2.45) is 0 Å². The van der Waals surface area contributed by atoms with E-state index in [1.807, 2.05) is 19.9 Å². The van der Waals surface area contributed by atoms with Crippen molar-refractivity contribution in [3.05, 3.63) is 35.5 Å². The van der Waals surface area contributed by atoms with Gasteiger partial charge in [-0.25, -0.2) is 9.78 Å². The summed E-state index contributed by atoms with van der Waals surface area (Å²) >= 11 is 0. The molecule has 0 fully saturated rings. The third-order valence-electron chi connectivity index (χ3n) is 3.07. The van der Waals surface area contributed by atoms with Gasteiger partial charge in [-0.2, -0.15) is 5.10 Å². The Morgan fingerprint density at radius 1 is 1.45 bits per heavy atom.